The lowest BCUT2D eigenvalue weighted by molar-refractivity contribution is 0.292. The summed E-state index contributed by atoms with van der Waals surface area (Å²) in [5.41, 5.74) is 5.43. The molecule has 1 unspecified atom stereocenters. The Balaban J connectivity index is 1.79. The first kappa shape index (κ1) is 7.90. The fourth-order valence-corrected chi connectivity index (χ4v) is 2.19. The smallest absolute Gasteiger partial charge is 0.282 e. The molecule has 1 aliphatic carbocycles. The molecular formula is C9H16N2O. The normalized spacial score (nSPS) is 30.3. The third-order valence-corrected chi connectivity index (χ3v) is 2.81. The average molecular weight is 168 g/mol. The highest BCUT2D eigenvalue weighted by molar-refractivity contribution is 5.72. The Morgan fingerprint density at radius 1 is 1.42 bits per heavy atom. The van der Waals surface area contributed by atoms with Gasteiger partial charge in [0.2, 0.25) is 0 Å². The summed E-state index contributed by atoms with van der Waals surface area (Å²) in [4.78, 5) is 4.22. The van der Waals surface area contributed by atoms with Crippen LogP contribution in [-0.2, 0) is 4.74 Å². The van der Waals surface area contributed by atoms with Crippen molar-refractivity contribution in [3.8, 4) is 0 Å². The Morgan fingerprint density at radius 3 is 2.75 bits per heavy atom. The summed E-state index contributed by atoms with van der Waals surface area (Å²) in [6.45, 7) is 0.711. The van der Waals surface area contributed by atoms with Crippen LogP contribution in [0.4, 0.5) is 0 Å². The number of hydrogen-bond acceptors (Lipinski definition) is 3. The van der Waals surface area contributed by atoms with E-state index in [0.29, 0.717) is 18.7 Å². The van der Waals surface area contributed by atoms with Crippen molar-refractivity contribution in [2.24, 2.45) is 16.6 Å². The molecule has 2 N–H and O–H groups in total. The standard InChI is InChI=1S/C9H16N2O/c10-9-11-8(6-12-9)5-7-3-1-2-4-7/h7-8H,1-6H2,(H2,10,11). The Bertz CT molecular complexity index is 185. The average Bonchev–Trinajstić information content (AvgIpc) is 2.63. The molecule has 1 atom stereocenters. The molecule has 0 aromatic carbocycles. The van der Waals surface area contributed by atoms with Crippen LogP contribution < -0.4 is 5.73 Å². The van der Waals surface area contributed by atoms with Gasteiger partial charge in [0, 0.05) is 0 Å². The van der Waals surface area contributed by atoms with E-state index in [9.17, 15) is 0 Å². The largest absolute Gasteiger partial charge is 0.463 e. The molecule has 2 rings (SSSR count). The summed E-state index contributed by atoms with van der Waals surface area (Å²) < 4.78 is 5.10. The topological polar surface area (TPSA) is 47.6 Å². The minimum Gasteiger partial charge on any atom is -0.463 e. The summed E-state index contributed by atoms with van der Waals surface area (Å²) >= 11 is 0. The molecule has 0 amide bonds. The van der Waals surface area contributed by atoms with E-state index in [1.807, 2.05) is 0 Å². The van der Waals surface area contributed by atoms with Gasteiger partial charge in [-0.25, -0.2) is 4.99 Å². The summed E-state index contributed by atoms with van der Waals surface area (Å²) in [5, 5.41) is 0. The van der Waals surface area contributed by atoms with Crippen LogP contribution in [0.25, 0.3) is 0 Å². The van der Waals surface area contributed by atoms with E-state index in [4.69, 9.17) is 10.5 Å². The molecule has 68 valence electrons. The van der Waals surface area contributed by atoms with E-state index in [2.05, 4.69) is 4.99 Å². The van der Waals surface area contributed by atoms with Crippen molar-refractivity contribution in [1.29, 1.82) is 0 Å². The highest BCUT2D eigenvalue weighted by Gasteiger charge is 2.23. The molecule has 0 saturated heterocycles. The number of hydrogen-bond donors (Lipinski definition) is 1. The first-order chi connectivity index (χ1) is 5.84. The summed E-state index contributed by atoms with van der Waals surface area (Å²) in [6, 6.07) is 0.742. The van der Waals surface area contributed by atoms with Gasteiger partial charge in [0.05, 0.1) is 6.04 Å². The number of rotatable bonds is 2. The molecule has 0 aromatic rings. The molecule has 1 saturated carbocycles. The molecule has 1 fully saturated rings. The molecule has 0 radical (unpaired) electrons. The predicted molar refractivity (Wildman–Crippen MR) is 47.9 cm³/mol. The van der Waals surface area contributed by atoms with Crippen molar-refractivity contribution < 1.29 is 4.74 Å². The van der Waals surface area contributed by atoms with Gasteiger partial charge in [0.1, 0.15) is 6.61 Å². The zero-order valence-electron chi connectivity index (χ0n) is 7.33. The van der Waals surface area contributed by atoms with Crippen LogP contribution in [0.3, 0.4) is 0 Å². The van der Waals surface area contributed by atoms with Gasteiger partial charge in [-0.1, -0.05) is 25.7 Å². The van der Waals surface area contributed by atoms with E-state index in [1.165, 1.54) is 32.1 Å². The van der Waals surface area contributed by atoms with Gasteiger partial charge < -0.3 is 10.5 Å². The van der Waals surface area contributed by atoms with Gasteiger partial charge in [-0.15, -0.1) is 0 Å². The summed E-state index contributed by atoms with van der Waals surface area (Å²) in [7, 11) is 0. The van der Waals surface area contributed by atoms with E-state index >= 15 is 0 Å². The second-order valence-electron chi connectivity index (χ2n) is 3.82. The molecule has 2 aliphatic rings. The van der Waals surface area contributed by atoms with Gasteiger partial charge in [0.25, 0.3) is 6.02 Å². The minimum atomic E-state index is 0.355. The van der Waals surface area contributed by atoms with Crippen molar-refractivity contribution in [2.75, 3.05) is 6.61 Å². The van der Waals surface area contributed by atoms with Gasteiger partial charge in [0.15, 0.2) is 0 Å². The molecule has 12 heavy (non-hydrogen) atoms. The molecule has 0 spiro atoms. The van der Waals surface area contributed by atoms with Crippen LogP contribution in [0.2, 0.25) is 0 Å². The Hall–Kier alpha value is -0.730. The minimum absolute atomic E-state index is 0.355. The first-order valence-corrected chi connectivity index (χ1v) is 4.80. The Morgan fingerprint density at radius 2 is 2.17 bits per heavy atom. The van der Waals surface area contributed by atoms with Crippen molar-refractivity contribution in [1.82, 2.24) is 0 Å². The van der Waals surface area contributed by atoms with Crippen molar-refractivity contribution in [3.63, 3.8) is 0 Å². The van der Waals surface area contributed by atoms with E-state index in [-0.39, 0.29) is 0 Å². The highest BCUT2D eigenvalue weighted by Crippen LogP contribution is 2.29. The van der Waals surface area contributed by atoms with E-state index < -0.39 is 0 Å². The Kier molecular flexibility index (Phi) is 2.19. The maximum Gasteiger partial charge on any atom is 0.282 e. The number of amidine groups is 1. The molecule has 3 nitrogen and oxygen atoms in total. The van der Waals surface area contributed by atoms with Crippen molar-refractivity contribution >= 4 is 6.02 Å². The quantitative estimate of drug-likeness (QED) is 0.675. The lowest BCUT2D eigenvalue weighted by atomic mass is 9.99. The summed E-state index contributed by atoms with van der Waals surface area (Å²) in [6.07, 6.45) is 6.74. The lowest BCUT2D eigenvalue weighted by Crippen LogP contribution is -2.11. The number of aliphatic imine (C=N–C) groups is 1. The zero-order chi connectivity index (χ0) is 8.39. The molecule has 1 heterocycles. The van der Waals surface area contributed by atoms with Crippen LogP contribution in [0.1, 0.15) is 32.1 Å². The van der Waals surface area contributed by atoms with Crippen LogP contribution in [0.5, 0.6) is 0 Å². The van der Waals surface area contributed by atoms with Crippen LogP contribution in [0.15, 0.2) is 4.99 Å². The highest BCUT2D eigenvalue weighted by atomic mass is 16.5. The second kappa shape index (κ2) is 3.33. The maximum atomic E-state index is 5.43. The van der Waals surface area contributed by atoms with Gasteiger partial charge in [-0.05, 0) is 12.3 Å². The fraction of sp³-hybridized carbons (Fsp3) is 0.889. The van der Waals surface area contributed by atoms with Crippen LogP contribution in [-0.4, -0.2) is 18.7 Å². The summed E-state index contributed by atoms with van der Waals surface area (Å²) in [5.74, 6) is 0.883. The van der Waals surface area contributed by atoms with Gasteiger partial charge in [-0.2, -0.15) is 0 Å². The van der Waals surface area contributed by atoms with Crippen LogP contribution in [0, 0.1) is 5.92 Å². The first-order valence-electron chi connectivity index (χ1n) is 4.80. The number of nitrogens with zero attached hydrogens (tertiary/aromatic N) is 1. The third-order valence-electron chi connectivity index (χ3n) is 2.81. The van der Waals surface area contributed by atoms with Crippen molar-refractivity contribution in [3.05, 3.63) is 0 Å². The fourth-order valence-electron chi connectivity index (χ4n) is 2.19. The molecule has 1 aliphatic heterocycles. The maximum absolute atomic E-state index is 5.43. The van der Waals surface area contributed by atoms with Gasteiger partial charge >= 0.3 is 0 Å². The monoisotopic (exact) mass is 168 g/mol. The lowest BCUT2D eigenvalue weighted by Gasteiger charge is -2.10. The van der Waals surface area contributed by atoms with Crippen LogP contribution >= 0.6 is 0 Å². The molecule has 3 heteroatoms. The number of ether oxygens (including phenoxy) is 1. The van der Waals surface area contributed by atoms with Gasteiger partial charge in [-0.3, -0.25) is 0 Å². The Labute approximate surface area is 73.0 Å². The number of nitrogens with two attached hydrogens (primary N) is 1. The van der Waals surface area contributed by atoms with E-state index in [0.717, 1.165) is 5.92 Å². The predicted octanol–water partition coefficient (Wildman–Crippen LogP) is 1.28. The molecule has 0 bridgehead atoms. The molecular weight excluding hydrogens is 152 g/mol. The SMILES string of the molecule is NC1=NC(CC2CCCC2)CO1. The second-order valence-corrected chi connectivity index (χ2v) is 3.82. The van der Waals surface area contributed by atoms with E-state index in [1.54, 1.807) is 0 Å². The third kappa shape index (κ3) is 1.71. The zero-order valence-corrected chi connectivity index (χ0v) is 7.33. The molecule has 0 aromatic heterocycles. The van der Waals surface area contributed by atoms with Crippen molar-refractivity contribution in [2.45, 2.75) is 38.1 Å².